The van der Waals surface area contributed by atoms with Gasteiger partial charge in [-0.15, -0.1) is 0 Å². The Labute approximate surface area is 160 Å². The Morgan fingerprint density at radius 1 is 0.926 bits per heavy atom. The van der Waals surface area contributed by atoms with E-state index in [1.54, 1.807) is 18.3 Å². The van der Waals surface area contributed by atoms with Crippen LogP contribution in [0.5, 0.6) is 0 Å². The highest BCUT2D eigenvalue weighted by molar-refractivity contribution is 6.04. The van der Waals surface area contributed by atoms with Crippen molar-refractivity contribution in [2.45, 2.75) is 13.8 Å². The standard InChI is InChI=1S/C22H24N4O/c1-3-26(4-2)20-12-10-19(11-13-20)24-21-16-17(14-15-23-21)22(27)25-18-8-6-5-7-9-18/h5-16H,3-4H2,1-2H3,(H,23,24)(H,25,27). The fourth-order valence-corrected chi connectivity index (χ4v) is 2.86. The third-order valence-corrected chi connectivity index (χ3v) is 4.32. The zero-order valence-electron chi connectivity index (χ0n) is 15.6. The Hall–Kier alpha value is -3.34. The molecular weight excluding hydrogens is 336 g/mol. The maximum atomic E-state index is 12.4. The predicted octanol–water partition coefficient (Wildman–Crippen LogP) is 4.92. The summed E-state index contributed by atoms with van der Waals surface area (Å²) in [6.45, 7) is 6.24. The van der Waals surface area contributed by atoms with Crippen LogP contribution >= 0.6 is 0 Å². The molecule has 1 aromatic heterocycles. The lowest BCUT2D eigenvalue weighted by Crippen LogP contribution is -2.21. The molecule has 0 fully saturated rings. The van der Waals surface area contributed by atoms with Crippen LogP contribution in [0.25, 0.3) is 0 Å². The van der Waals surface area contributed by atoms with Crippen molar-refractivity contribution in [3.05, 3.63) is 78.5 Å². The lowest BCUT2D eigenvalue weighted by molar-refractivity contribution is 0.102. The Morgan fingerprint density at radius 3 is 2.30 bits per heavy atom. The lowest BCUT2D eigenvalue weighted by Gasteiger charge is -2.21. The third kappa shape index (κ3) is 4.85. The van der Waals surface area contributed by atoms with Crippen molar-refractivity contribution in [3.8, 4) is 0 Å². The van der Waals surface area contributed by atoms with Crippen molar-refractivity contribution >= 4 is 28.8 Å². The number of benzene rings is 2. The van der Waals surface area contributed by atoms with Crippen LogP contribution in [0.4, 0.5) is 22.9 Å². The quantitative estimate of drug-likeness (QED) is 0.628. The van der Waals surface area contributed by atoms with E-state index in [0.29, 0.717) is 11.4 Å². The molecule has 2 aromatic carbocycles. The molecule has 3 aromatic rings. The Kier molecular flexibility index (Phi) is 6.05. The van der Waals surface area contributed by atoms with Gasteiger partial charge in [0.2, 0.25) is 0 Å². The number of nitrogens with zero attached hydrogens (tertiary/aromatic N) is 2. The van der Waals surface area contributed by atoms with Crippen molar-refractivity contribution in [1.82, 2.24) is 4.98 Å². The second-order valence-electron chi connectivity index (χ2n) is 6.09. The van der Waals surface area contributed by atoms with Gasteiger partial charge in [0.25, 0.3) is 5.91 Å². The highest BCUT2D eigenvalue weighted by atomic mass is 16.1. The molecule has 27 heavy (non-hydrogen) atoms. The highest BCUT2D eigenvalue weighted by Crippen LogP contribution is 2.21. The van der Waals surface area contributed by atoms with Gasteiger partial charge in [-0.3, -0.25) is 4.79 Å². The molecule has 5 nitrogen and oxygen atoms in total. The second kappa shape index (κ2) is 8.85. The van der Waals surface area contributed by atoms with Crippen molar-refractivity contribution in [1.29, 1.82) is 0 Å². The van der Waals surface area contributed by atoms with Gasteiger partial charge in [-0.05, 0) is 62.4 Å². The first-order valence-corrected chi connectivity index (χ1v) is 9.14. The summed E-state index contributed by atoms with van der Waals surface area (Å²) in [5.74, 6) is 0.467. The molecule has 0 radical (unpaired) electrons. The molecule has 0 aliphatic rings. The fourth-order valence-electron chi connectivity index (χ4n) is 2.86. The first kappa shape index (κ1) is 18.5. The number of carbonyl (C=O) groups is 1. The van der Waals surface area contributed by atoms with Crippen molar-refractivity contribution < 1.29 is 4.79 Å². The first-order chi connectivity index (χ1) is 13.2. The molecule has 5 heteroatoms. The lowest BCUT2D eigenvalue weighted by atomic mass is 10.2. The molecule has 0 aliphatic carbocycles. The van der Waals surface area contributed by atoms with Gasteiger partial charge < -0.3 is 15.5 Å². The van der Waals surface area contributed by atoms with E-state index < -0.39 is 0 Å². The molecule has 0 bridgehead atoms. The van der Waals surface area contributed by atoms with E-state index in [-0.39, 0.29) is 5.91 Å². The minimum atomic E-state index is -0.163. The number of nitrogens with one attached hydrogen (secondary N) is 2. The van der Waals surface area contributed by atoms with E-state index in [1.165, 1.54) is 5.69 Å². The molecule has 0 saturated heterocycles. The summed E-state index contributed by atoms with van der Waals surface area (Å²) < 4.78 is 0. The summed E-state index contributed by atoms with van der Waals surface area (Å²) in [5.41, 5.74) is 3.44. The van der Waals surface area contributed by atoms with Crippen molar-refractivity contribution in [3.63, 3.8) is 0 Å². The smallest absolute Gasteiger partial charge is 0.255 e. The van der Waals surface area contributed by atoms with Gasteiger partial charge in [0, 0.05) is 41.9 Å². The van der Waals surface area contributed by atoms with Gasteiger partial charge >= 0.3 is 0 Å². The van der Waals surface area contributed by atoms with Gasteiger partial charge in [0.05, 0.1) is 0 Å². The largest absolute Gasteiger partial charge is 0.372 e. The number of para-hydroxylation sites is 1. The maximum absolute atomic E-state index is 12.4. The van der Waals surface area contributed by atoms with E-state index >= 15 is 0 Å². The summed E-state index contributed by atoms with van der Waals surface area (Å²) in [6, 6.07) is 21.1. The molecule has 1 amide bonds. The van der Waals surface area contributed by atoms with E-state index in [0.717, 1.165) is 24.5 Å². The number of anilines is 4. The van der Waals surface area contributed by atoms with Crippen LogP contribution in [-0.4, -0.2) is 24.0 Å². The minimum Gasteiger partial charge on any atom is -0.372 e. The first-order valence-electron chi connectivity index (χ1n) is 9.14. The molecular formula is C22H24N4O. The van der Waals surface area contributed by atoms with Crippen LogP contribution in [0.1, 0.15) is 24.2 Å². The summed E-state index contributed by atoms with van der Waals surface area (Å²) in [6.07, 6.45) is 1.63. The zero-order valence-corrected chi connectivity index (χ0v) is 15.6. The number of carbonyl (C=O) groups excluding carboxylic acids is 1. The normalized spacial score (nSPS) is 10.3. The molecule has 2 N–H and O–H groups in total. The van der Waals surface area contributed by atoms with Crippen LogP contribution < -0.4 is 15.5 Å². The number of pyridine rings is 1. The predicted molar refractivity (Wildman–Crippen MR) is 112 cm³/mol. The van der Waals surface area contributed by atoms with E-state index in [2.05, 4.69) is 46.5 Å². The summed E-state index contributed by atoms with van der Waals surface area (Å²) in [4.78, 5) is 19.0. The van der Waals surface area contributed by atoms with Gasteiger partial charge in [0.1, 0.15) is 5.82 Å². The number of hydrogen-bond acceptors (Lipinski definition) is 4. The van der Waals surface area contributed by atoms with E-state index in [1.807, 2.05) is 42.5 Å². The molecule has 3 rings (SSSR count). The summed E-state index contributed by atoms with van der Waals surface area (Å²) in [5, 5.41) is 6.14. The van der Waals surface area contributed by atoms with Crippen LogP contribution in [0, 0.1) is 0 Å². The second-order valence-corrected chi connectivity index (χ2v) is 6.09. The monoisotopic (exact) mass is 360 g/mol. The van der Waals surface area contributed by atoms with Crippen LogP contribution in [0.15, 0.2) is 72.9 Å². The summed E-state index contributed by atoms with van der Waals surface area (Å²) >= 11 is 0. The van der Waals surface area contributed by atoms with Crippen molar-refractivity contribution in [2.24, 2.45) is 0 Å². The molecule has 138 valence electrons. The average Bonchev–Trinajstić information content (AvgIpc) is 2.71. The van der Waals surface area contributed by atoms with Crippen molar-refractivity contribution in [2.75, 3.05) is 28.6 Å². The SMILES string of the molecule is CCN(CC)c1ccc(Nc2cc(C(=O)Nc3ccccc3)ccn2)cc1. The number of hydrogen-bond donors (Lipinski definition) is 2. The average molecular weight is 360 g/mol. The number of aromatic nitrogens is 1. The minimum absolute atomic E-state index is 0.163. The molecule has 0 atom stereocenters. The Morgan fingerprint density at radius 2 is 1.63 bits per heavy atom. The number of rotatable bonds is 7. The zero-order chi connectivity index (χ0) is 19.1. The van der Waals surface area contributed by atoms with Gasteiger partial charge in [0.15, 0.2) is 0 Å². The molecule has 0 unspecified atom stereocenters. The van der Waals surface area contributed by atoms with Crippen LogP contribution in [0.3, 0.4) is 0 Å². The van der Waals surface area contributed by atoms with Crippen LogP contribution in [-0.2, 0) is 0 Å². The summed E-state index contributed by atoms with van der Waals surface area (Å²) in [7, 11) is 0. The van der Waals surface area contributed by atoms with Crippen LogP contribution in [0.2, 0.25) is 0 Å². The molecule has 0 aliphatic heterocycles. The fraction of sp³-hybridized carbons (Fsp3) is 0.182. The molecule has 1 heterocycles. The van der Waals surface area contributed by atoms with E-state index in [4.69, 9.17) is 0 Å². The topological polar surface area (TPSA) is 57.3 Å². The van der Waals surface area contributed by atoms with Gasteiger partial charge in [-0.1, -0.05) is 18.2 Å². The van der Waals surface area contributed by atoms with E-state index in [9.17, 15) is 4.79 Å². The Balaban J connectivity index is 1.69. The van der Waals surface area contributed by atoms with Gasteiger partial charge in [-0.2, -0.15) is 0 Å². The number of amides is 1. The maximum Gasteiger partial charge on any atom is 0.255 e. The molecule has 0 saturated carbocycles. The molecule has 0 spiro atoms. The third-order valence-electron chi connectivity index (χ3n) is 4.32. The van der Waals surface area contributed by atoms with Gasteiger partial charge in [-0.25, -0.2) is 4.98 Å². The highest BCUT2D eigenvalue weighted by Gasteiger charge is 2.08. The Bertz CT molecular complexity index is 874.